The average molecular weight is 523 g/mol. The number of carbonyl (C=O) groups excluding carboxylic acids is 2. The predicted molar refractivity (Wildman–Crippen MR) is 145 cm³/mol. The highest BCUT2D eigenvalue weighted by atomic mass is 16.6. The van der Waals surface area contributed by atoms with E-state index in [1.54, 1.807) is 49.4 Å². The number of carbonyl (C=O) groups is 2. The van der Waals surface area contributed by atoms with Crippen LogP contribution in [0.5, 0.6) is 17.2 Å². The van der Waals surface area contributed by atoms with Crippen molar-refractivity contribution in [3.8, 4) is 34.4 Å². The zero-order chi connectivity index (χ0) is 27.5. The Hall–Kier alpha value is -5.29. The van der Waals surface area contributed by atoms with Crippen molar-refractivity contribution in [2.45, 2.75) is 13.5 Å². The van der Waals surface area contributed by atoms with Gasteiger partial charge in [-0.3, -0.25) is 4.79 Å². The minimum absolute atomic E-state index is 0.0968. The summed E-state index contributed by atoms with van der Waals surface area (Å²) < 4.78 is 21.9. The number of rotatable bonds is 11. The lowest BCUT2D eigenvalue weighted by atomic mass is 10.1. The Bertz CT molecular complexity index is 1470. The van der Waals surface area contributed by atoms with Crippen molar-refractivity contribution in [2.75, 3.05) is 13.2 Å². The van der Waals surface area contributed by atoms with E-state index in [9.17, 15) is 14.9 Å². The minimum atomic E-state index is -0.610. The molecule has 1 aromatic heterocycles. The van der Waals surface area contributed by atoms with Crippen LogP contribution in [0.15, 0.2) is 101 Å². The summed E-state index contributed by atoms with van der Waals surface area (Å²) in [6.45, 7) is 1.96. The number of hydrogen-bond donors (Lipinski definition) is 1. The van der Waals surface area contributed by atoms with E-state index in [1.807, 2.05) is 48.5 Å². The molecular weight excluding hydrogens is 496 g/mol. The fourth-order valence-corrected chi connectivity index (χ4v) is 3.63. The van der Waals surface area contributed by atoms with Crippen molar-refractivity contribution >= 4 is 18.0 Å². The molecule has 196 valence electrons. The predicted octanol–water partition coefficient (Wildman–Crippen LogP) is 5.55. The van der Waals surface area contributed by atoms with Crippen LogP contribution in [0.4, 0.5) is 0 Å². The number of nitriles is 1. The molecule has 0 atom stereocenters. The molecule has 0 aliphatic heterocycles. The van der Waals surface area contributed by atoms with Crippen LogP contribution in [0.3, 0.4) is 0 Å². The third-order valence-corrected chi connectivity index (χ3v) is 5.49. The Morgan fingerprint density at radius 1 is 0.923 bits per heavy atom. The van der Waals surface area contributed by atoms with Gasteiger partial charge in [-0.05, 0) is 66.1 Å². The van der Waals surface area contributed by atoms with Gasteiger partial charge in [-0.2, -0.15) is 5.26 Å². The molecule has 1 N–H and O–H groups in total. The van der Waals surface area contributed by atoms with Gasteiger partial charge in [-0.15, -0.1) is 0 Å². The zero-order valence-corrected chi connectivity index (χ0v) is 21.3. The van der Waals surface area contributed by atoms with Crippen LogP contribution >= 0.6 is 0 Å². The Morgan fingerprint density at radius 3 is 2.38 bits per heavy atom. The molecule has 0 aliphatic carbocycles. The van der Waals surface area contributed by atoms with Crippen molar-refractivity contribution < 1.29 is 28.2 Å². The number of furan rings is 1. The normalized spacial score (nSPS) is 10.8. The van der Waals surface area contributed by atoms with Crippen LogP contribution in [0.25, 0.3) is 17.2 Å². The van der Waals surface area contributed by atoms with Crippen molar-refractivity contribution in [3.05, 3.63) is 108 Å². The van der Waals surface area contributed by atoms with Crippen molar-refractivity contribution in [2.24, 2.45) is 0 Å². The highest BCUT2D eigenvalue weighted by Gasteiger charge is 2.14. The number of nitrogens with zero attached hydrogens (tertiary/aromatic N) is 1. The zero-order valence-electron chi connectivity index (χ0n) is 21.3. The highest BCUT2D eigenvalue weighted by molar-refractivity contribution is 6.01. The fourth-order valence-electron chi connectivity index (χ4n) is 3.63. The fraction of sp³-hybridized carbons (Fsp3) is 0.129. The molecule has 1 amide bonds. The van der Waals surface area contributed by atoms with Gasteiger partial charge in [-0.25, -0.2) is 4.79 Å². The van der Waals surface area contributed by atoms with Gasteiger partial charge in [0.25, 0.3) is 5.91 Å². The second kappa shape index (κ2) is 13.3. The second-order valence-corrected chi connectivity index (χ2v) is 8.22. The molecule has 0 aliphatic rings. The van der Waals surface area contributed by atoms with E-state index in [2.05, 4.69) is 5.32 Å². The van der Waals surface area contributed by atoms with E-state index < -0.39 is 11.9 Å². The smallest absolute Gasteiger partial charge is 0.349 e. The van der Waals surface area contributed by atoms with E-state index in [4.69, 9.17) is 18.6 Å². The third-order valence-electron chi connectivity index (χ3n) is 5.49. The molecule has 4 aromatic rings. The van der Waals surface area contributed by atoms with Gasteiger partial charge in [-0.1, -0.05) is 48.5 Å². The van der Waals surface area contributed by atoms with Crippen molar-refractivity contribution in [1.82, 2.24) is 5.32 Å². The summed E-state index contributed by atoms with van der Waals surface area (Å²) in [6.07, 6.45) is 2.93. The molecule has 0 unspecified atom stereocenters. The molecule has 0 fully saturated rings. The summed E-state index contributed by atoms with van der Waals surface area (Å²) in [4.78, 5) is 24.9. The van der Waals surface area contributed by atoms with Gasteiger partial charge in [0.2, 0.25) is 0 Å². The summed E-state index contributed by atoms with van der Waals surface area (Å²) in [5.74, 6) is 0.436. The number of ether oxygens (including phenoxy) is 3. The molecule has 0 saturated carbocycles. The maximum Gasteiger partial charge on any atom is 0.349 e. The lowest BCUT2D eigenvalue weighted by molar-refractivity contribution is -0.136. The van der Waals surface area contributed by atoms with Crippen molar-refractivity contribution in [1.29, 1.82) is 5.26 Å². The summed E-state index contributed by atoms with van der Waals surface area (Å²) in [7, 11) is 0. The van der Waals surface area contributed by atoms with E-state index in [0.717, 1.165) is 11.1 Å². The van der Waals surface area contributed by atoms with Gasteiger partial charge in [0.15, 0.2) is 18.1 Å². The number of esters is 1. The topological polar surface area (TPSA) is 111 Å². The van der Waals surface area contributed by atoms with E-state index in [0.29, 0.717) is 29.4 Å². The molecule has 0 radical (unpaired) electrons. The first kappa shape index (κ1) is 26.8. The van der Waals surface area contributed by atoms with E-state index in [-0.39, 0.29) is 24.5 Å². The third kappa shape index (κ3) is 7.60. The number of hydrogen-bond acceptors (Lipinski definition) is 7. The first-order chi connectivity index (χ1) is 19.1. The summed E-state index contributed by atoms with van der Waals surface area (Å²) in [6, 6.07) is 27.4. The van der Waals surface area contributed by atoms with Gasteiger partial charge >= 0.3 is 5.97 Å². The van der Waals surface area contributed by atoms with Gasteiger partial charge in [0.05, 0.1) is 19.4 Å². The molecule has 8 nitrogen and oxygen atoms in total. The second-order valence-electron chi connectivity index (χ2n) is 8.22. The molecular formula is C31H26N2O6. The number of benzene rings is 3. The van der Waals surface area contributed by atoms with Crippen molar-refractivity contribution in [3.63, 3.8) is 0 Å². The van der Waals surface area contributed by atoms with Crippen LogP contribution in [-0.2, 0) is 16.1 Å². The molecule has 3 aromatic carbocycles. The van der Waals surface area contributed by atoms with Gasteiger partial charge in [0.1, 0.15) is 23.2 Å². The molecule has 39 heavy (non-hydrogen) atoms. The molecule has 0 bridgehead atoms. The standard InChI is InChI=1S/C31H26N2O6/c1-2-36-29-18-22(17-25(19-32)31(35)33-20-27-9-6-16-37-27)10-15-28(29)39-30(34)21-38-26-13-11-24(12-14-26)23-7-4-3-5-8-23/h3-18H,2,20-21H2,1H3,(H,33,35)/b25-17+. The average Bonchev–Trinajstić information content (AvgIpc) is 3.49. The van der Waals surface area contributed by atoms with Crippen LogP contribution in [0, 0.1) is 11.3 Å². The number of amides is 1. The Balaban J connectivity index is 1.37. The maximum atomic E-state index is 12.5. The quantitative estimate of drug-likeness (QED) is 0.119. The van der Waals surface area contributed by atoms with Gasteiger partial charge in [0, 0.05) is 0 Å². The monoisotopic (exact) mass is 522 g/mol. The van der Waals surface area contributed by atoms with Gasteiger partial charge < -0.3 is 23.9 Å². The summed E-state index contributed by atoms with van der Waals surface area (Å²) >= 11 is 0. The van der Waals surface area contributed by atoms with E-state index in [1.165, 1.54) is 12.3 Å². The van der Waals surface area contributed by atoms with Crippen LogP contribution in [0.2, 0.25) is 0 Å². The first-order valence-electron chi connectivity index (χ1n) is 12.2. The Kier molecular flexibility index (Phi) is 9.13. The lowest BCUT2D eigenvalue weighted by Gasteiger charge is -2.12. The first-order valence-corrected chi connectivity index (χ1v) is 12.2. The minimum Gasteiger partial charge on any atom is -0.490 e. The van der Waals surface area contributed by atoms with E-state index >= 15 is 0 Å². The largest absolute Gasteiger partial charge is 0.490 e. The van der Waals surface area contributed by atoms with Crippen LogP contribution in [-0.4, -0.2) is 25.1 Å². The number of nitrogens with one attached hydrogen (secondary N) is 1. The SMILES string of the molecule is CCOc1cc(/C=C(\C#N)C(=O)NCc2ccco2)ccc1OC(=O)COc1ccc(-c2ccccc2)cc1. The molecule has 1 heterocycles. The lowest BCUT2D eigenvalue weighted by Crippen LogP contribution is -2.23. The molecule has 4 rings (SSSR count). The molecule has 0 saturated heterocycles. The Morgan fingerprint density at radius 2 is 1.69 bits per heavy atom. The highest BCUT2D eigenvalue weighted by Crippen LogP contribution is 2.30. The molecule has 0 spiro atoms. The van der Waals surface area contributed by atoms with Crippen LogP contribution in [0.1, 0.15) is 18.2 Å². The Labute approximate surface area is 226 Å². The summed E-state index contributed by atoms with van der Waals surface area (Å²) in [5, 5.41) is 12.1. The summed E-state index contributed by atoms with van der Waals surface area (Å²) in [5.41, 5.74) is 2.55. The van der Waals surface area contributed by atoms with Crippen LogP contribution < -0.4 is 19.5 Å². The maximum absolute atomic E-state index is 12.5. The molecule has 8 heteroatoms.